The molecular formula is C12H10Cl2N2O. The lowest BCUT2D eigenvalue weighted by Gasteiger charge is -2.07. The number of aliphatic hydroxyl groups is 1. The second-order valence-electron chi connectivity index (χ2n) is 3.55. The van der Waals surface area contributed by atoms with Crippen molar-refractivity contribution in [2.24, 2.45) is 0 Å². The van der Waals surface area contributed by atoms with Crippen LogP contribution >= 0.6 is 23.2 Å². The SMILES string of the molecule is Nc1ncc(-c2ccc(Cl)cc2Cl)cc1CO. The third-order valence-corrected chi connectivity index (χ3v) is 2.96. The van der Waals surface area contributed by atoms with Gasteiger partial charge in [0.15, 0.2) is 0 Å². The summed E-state index contributed by atoms with van der Waals surface area (Å²) >= 11 is 11.9. The maximum Gasteiger partial charge on any atom is 0.128 e. The van der Waals surface area contributed by atoms with Gasteiger partial charge in [0.05, 0.1) is 6.61 Å². The Morgan fingerprint density at radius 2 is 2.00 bits per heavy atom. The minimum absolute atomic E-state index is 0.155. The van der Waals surface area contributed by atoms with Gasteiger partial charge in [-0.1, -0.05) is 29.3 Å². The zero-order chi connectivity index (χ0) is 12.4. The fourth-order valence-electron chi connectivity index (χ4n) is 1.52. The van der Waals surface area contributed by atoms with Crippen LogP contribution in [0.3, 0.4) is 0 Å². The van der Waals surface area contributed by atoms with Crippen molar-refractivity contribution >= 4 is 29.0 Å². The molecule has 3 nitrogen and oxygen atoms in total. The maximum atomic E-state index is 9.13. The minimum atomic E-state index is -0.155. The quantitative estimate of drug-likeness (QED) is 0.880. The molecule has 0 aliphatic heterocycles. The molecule has 88 valence electrons. The van der Waals surface area contributed by atoms with Crippen molar-refractivity contribution in [3.63, 3.8) is 0 Å². The molecule has 0 fully saturated rings. The molecule has 1 aromatic heterocycles. The molecule has 0 atom stereocenters. The summed E-state index contributed by atoms with van der Waals surface area (Å²) in [5, 5.41) is 10.2. The number of aromatic nitrogens is 1. The summed E-state index contributed by atoms with van der Waals surface area (Å²) in [4.78, 5) is 4.02. The summed E-state index contributed by atoms with van der Waals surface area (Å²) in [6, 6.07) is 6.97. The maximum absolute atomic E-state index is 9.13. The summed E-state index contributed by atoms with van der Waals surface area (Å²) in [6.45, 7) is -0.155. The first kappa shape index (κ1) is 12.2. The van der Waals surface area contributed by atoms with E-state index in [4.69, 9.17) is 34.0 Å². The summed E-state index contributed by atoms with van der Waals surface area (Å²) in [6.07, 6.45) is 1.61. The van der Waals surface area contributed by atoms with Crippen molar-refractivity contribution in [1.29, 1.82) is 0 Å². The first-order valence-corrected chi connectivity index (χ1v) is 5.68. The van der Waals surface area contributed by atoms with Crippen LogP contribution in [0.4, 0.5) is 5.82 Å². The Morgan fingerprint density at radius 3 is 2.65 bits per heavy atom. The van der Waals surface area contributed by atoms with E-state index in [0.717, 1.165) is 11.1 Å². The number of nitrogens with two attached hydrogens (primary N) is 1. The molecule has 2 rings (SSSR count). The van der Waals surface area contributed by atoms with Gasteiger partial charge in [-0.2, -0.15) is 0 Å². The van der Waals surface area contributed by atoms with E-state index in [0.29, 0.717) is 21.4 Å². The van der Waals surface area contributed by atoms with Crippen LogP contribution in [0.15, 0.2) is 30.5 Å². The van der Waals surface area contributed by atoms with Crippen LogP contribution in [0.5, 0.6) is 0 Å². The smallest absolute Gasteiger partial charge is 0.128 e. The van der Waals surface area contributed by atoms with Crippen LogP contribution < -0.4 is 5.73 Å². The number of benzene rings is 1. The summed E-state index contributed by atoms with van der Waals surface area (Å²) in [5.41, 5.74) is 7.79. The Hall–Kier alpha value is -1.29. The number of halogens is 2. The second-order valence-corrected chi connectivity index (χ2v) is 4.39. The van der Waals surface area contributed by atoms with Crippen LogP contribution in [0, 0.1) is 0 Å². The number of anilines is 1. The van der Waals surface area contributed by atoms with Crippen molar-refractivity contribution in [1.82, 2.24) is 4.98 Å². The van der Waals surface area contributed by atoms with Gasteiger partial charge >= 0.3 is 0 Å². The molecule has 2 aromatic rings. The molecule has 0 saturated carbocycles. The molecule has 0 spiro atoms. The van der Waals surface area contributed by atoms with Crippen LogP contribution in [-0.4, -0.2) is 10.1 Å². The van der Waals surface area contributed by atoms with Gasteiger partial charge in [0.1, 0.15) is 5.82 Å². The highest BCUT2D eigenvalue weighted by Crippen LogP contribution is 2.31. The number of hydrogen-bond acceptors (Lipinski definition) is 3. The number of nitrogens with zero attached hydrogens (tertiary/aromatic N) is 1. The Balaban J connectivity index is 2.53. The fourth-order valence-corrected chi connectivity index (χ4v) is 2.04. The van der Waals surface area contributed by atoms with E-state index < -0.39 is 0 Å². The van der Waals surface area contributed by atoms with Crippen molar-refractivity contribution in [3.8, 4) is 11.1 Å². The highest BCUT2D eigenvalue weighted by atomic mass is 35.5. The molecule has 0 bridgehead atoms. The van der Waals surface area contributed by atoms with Gasteiger partial charge in [-0.25, -0.2) is 4.98 Å². The van der Waals surface area contributed by atoms with Gasteiger partial charge in [0.2, 0.25) is 0 Å². The number of rotatable bonds is 2. The van der Waals surface area contributed by atoms with Crippen molar-refractivity contribution in [2.45, 2.75) is 6.61 Å². The lowest BCUT2D eigenvalue weighted by atomic mass is 10.1. The van der Waals surface area contributed by atoms with E-state index in [1.165, 1.54) is 0 Å². The van der Waals surface area contributed by atoms with Gasteiger partial charge < -0.3 is 10.8 Å². The monoisotopic (exact) mass is 268 g/mol. The third-order valence-electron chi connectivity index (χ3n) is 2.41. The van der Waals surface area contributed by atoms with E-state index in [-0.39, 0.29) is 6.61 Å². The lowest BCUT2D eigenvalue weighted by molar-refractivity contribution is 0.282. The van der Waals surface area contributed by atoms with Crippen molar-refractivity contribution in [2.75, 3.05) is 5.73 Å². The topological polar surface area (TPSA) is 59.1 Å². The molecule has 0 amide bonds. The normalized spacial score (nSPS) is 10.5. The van der Waals surface area contributed by atoms with Crippen LogP contribution in [0.1, 0.15) is 5.56 Å². The highest BCUT2D eigenvalue weighted by Gasteiger charge is 2.07. The van der Waals surface area contributed by atoms with Gasteiger partial charge in [-0.3, -0.25) is 0 Å². The van der Waals surface area contributed by atoms with Crippen molar-refractivity contribution in [3.05, 3.63) is 46.1 Å². The van der Waals surface area contributed by atoms with Gasteiger partial charge in [0, 0.05) is 32.9 Å². The summed E-state index contributed by atoms with van der Waals surface area (Å²) in [7, 11) is 0. The van der Waals surface area contributed by atoms with Gasteiger partial charge in [0.25, 0.3) is 0 Å². The molecule has 0 aliphatic rings. The Kier molecular flexibility index (Phi) is 3.52. The Bertz CT molecular complexity index is 558. The molecule has 0 radical (unpaired) electrons. The predicted octanol–water partition coefficient (Wildman–Crippen LogP) is 3.13. The molecule has 5 heteroatoms. The summed E-state index contributed by atoms with van der Waals surface area (Å²) < 4.78 is 0. The van der Waals surface area contributed by atoms with Crippen molar-refractivity contribution < 1.29 is 5.11 Å². The van der Waals surface area contributed by atoms with E-state index in [1.54, 1.807) is 30.5 Å². The Morgan fingerprint density at radius 1 is 1.24 bits per heavy atom. The largest absolute Gasteiger partial charge is 0.392 e. The van der Waals surface area contributed by atoms with E-state index in [9.17, 15) is 0 Å². The second kappa shape index (κ2) is 4.92. The lowest BCUT2D eigenvalue weighted by Crippen LogP contribution is -1.98. The summed E-state index contributed by atoms with van der Waals surface area (Å²) in [5.74, 6) is 0.321. The Labute approximate surface area is 109 Å². The number of nitrogen functional groups attached to an aromatic ring is 1. The van der Waals surface area contributed by atoms with E-state index >= 15 is 0 Å². The standard InChI is InChI=1S/C12H10Cl2N2O/c13-9-1-2-10(11(14)4-9)7-3-8(6-17)12(15)16-5-7/h1-5,17H,6H2,(H2,15,16). The molecule has 0 aliphatic carbocycles. The first-order valence-electron chi connectivity index (χ1n) is 4.92. The highest BCUT2D eigenvalue weighted by molar-refractivity contribution is 6.36. The number of aliphatic hydroxyl groups excluding tert-OH is 1. The van der Waals surface area contributed by atoms with Crippen LogP contribution in [0.2, 0.25) is 10.0 Å². The van der Waals surface area contributed by atoms with E-state index in [1.807, 2.05) is 0 Å². The molecule has 1 heterocycles. The molecule has 0 saturated heterocycles. The molecule has 17 heavy (non-hydrogen) atoms. The molecular weight excluding hydrogens is 259 g/mol. The minimum Gasteiger partial charge on any atom is -0.392 e. The average Bonchev–Trinajstić information content (AvgIpc) is 2.30. The zero-order valence-corrected chi connectivity index (χ0v) is 10.3. The molecule has 1 aromatic carbocycles. The van der Waals surface area contributed by atoms with E-state index in [2.05, 4.69) is 4.98 Å². The van der Waals surface area contributed by atoms with Gasteiger partial charge in [-0.05, 0) is 18.2 Å². The average molecular weight is 269 g/mol. The fraction of sp³-hybridized carbons (Fsp3) is 0.0833. The number of pyridine rings is 1. The first-order chi connectivity index (χ1) is 8.11. The molecule has 3 N–H and O–H groups in total. The molecule has 0 unspecified atom stereocenters. The third kappa shape index (κ3) is 2.52. The van der Waals surface area contributed by atoms with Gasteiger partial charge in [-0.15, -0.1) is 0 Å². The number of hydrogen-bond donors (Lipinski definition) is 2. The predicted molar refractivity (Wildman–Crippen MR) is 70.0 cm³/mol. The van der Waals surface area contributed by atoms with Crippen LogP contribution in [-0.2, 0) is 6.61 Å². The zero-order valence-electron chi connectivity index (χ0n) is 8.82. The van der Waals surface area contributed by atoms with Crippen LogP contribution in [0.25, 0.3) is 11.1 Å².